The Morgan fingerprint density at radius 3 is 2.47 bits per heavy atom. The summed E-state index contributed by atoms with van der Waals surface area (Å²) in [7, 11) is 1.57. The maximum Gasteiger partial charge on any atom is 0.308 e. The van der Waals surface area contributed by atoms with E-state index in [9.17, 15) is 14.3 Å². The quantitative estimate of drug-likeness (QED) is 0.388. The summed E-state index contributed by atoms with van der Waals surface area (Å²) in [6.45, 7) is 3.79. The number of hydrogen-bond donors (Lipinski definition) is 1. The highest BCUT2D eigenvalue weighted by molar-refractivity contribution is 5.83. The van der Waals surface area contributed by atoms with E-state index in [2.05, 4.69) is 5.73 Å². The summed E-state index contributed by atoms with van der Waals surface area (Å²) >= 11 is 0. The first-order valence-electron chi connectivity index (χ1n) is 11.2. The average molecular weight is 459 g/mol. The SMILES string of the molecule is COc1ccc(F)c(-c2ccc3c(c2)CCC3Oc2ccc(C(=C=C(C)C)CC(=O)O)cc2)c1. The molecule has 0 radical (unpaired) electrons. The summed E-state index contributed by atoms with van der Waals surface area (Å²) in [4.78, 5) is 11.2. The summed E-state index contributed by atoms with van der Waals surface area (Å²) in [5, 5.41) is 9.21. The van der Waals surface area contributed by atoms with E-state index in [1.165, 1.54) is 6.07 Å². The van der Waals surface area contributed by atoms with E-state index in [0.717, 1.165) is 46.4 Å². The number of halogens is 1. The number of carboxylic acid groups (broad SMARTS) is 1. The van der Waals surface area contributed by atoms with E-state index in [-0.39, 0.29) is 18.3 Å². The molecule has 0 spiro atoms. The molecule has 174 valence electrons. The molecular formula is C29H27FO4. The summed E-state index contributed by atoms with van der Waals surface area (Å²) in [5.41, 5.74) is 9.11. The molecule has 0 saturated heterocycles. The Hall–Kier alpha value is -3.82. The molecule has 0 saturated carbocycles. The van der Waals surface area contributed by atoms with Gasteiger partial charge in [-0.25, -0.2) is 4.39 Å². The van der Waals surface area contributed by atoms with Crippen LogP contribution in [0.4, 0.5) is 4.39 Å². The van der Waals surface area contributed by atoms with E-state index in [0.29, 0.717) is 16.9 Å². The van der Waals surface area contributed by atoms with Gasteiger partial charge in [0.05, 0.1) is 13.5 Å². The van der Waals surface area contributed by atoms with Crippen molar-refractivity contribution >= 4 is 11.5 Å². The summed E-state index contributed by atoms with van der Waals surface area (Å²) in [5.74, 6) is 0.166. The molecule has 0 amide bonds. The lowest BCUT2D eigenvalue weighted by Crippen LogP contribution is -2.03. The Kier molecular flexibility index (Phi) is 6.85. The Balaban J connectivity index is 1.53. The van der Waals surface area contributed by atoms with Crippen molar-refractivity contribution in [3.8, 4) is 22.6 Å². The third kappa shape index (κ3) is 5.22. The van der Waals surface area contributed by atoms with Crippen molar-refractivity contribution < 1.29 is 23.8 Å². The van der Waals surface area contributed by atoms with Crippen molar-refractivity contribution in [3.05, 3.63) is 94.5 Å². The second-order valence-corrected chi connectivity index (χ2v) is 8.60. The zero-order valence-electron chi connectivity index (χ0n) is 19.5. The molecule has 1 aliphatic carbocycles. The van der Waals surface area contributed by atoms with E-state index in [4.69, 9.17) is 9.47 Å². The number of benzene rings is 3. The summed E-state index contributed by atoms with van der Waals surface area (Å²) < 4.78 is 25.9. The second kappa shape index (κ2) is 9.98. The van der Waals surface area contributed by atoms with Crippen molar-refractivity contribution in [2.45, 2.75) is 39.2 Å². The Bertz CT molecular complexity index is 1280. The van der Waals surface area contributed by atoms with Crippen LogP contribution in [0.2, 0.25) is 0 Å². The molecule has 1 aliphatic rings. The fraction of sp³-hybridized carbons (Fsp3) is 0.241. The largest absolute Gasteiger partial charge is 0.497 e. The van der Waals surface area contributed by atoms with Crippen molar-refractivity contribution in [2.75, 3.05) is 7.11 Å². The number of fused-ring (bicyclic) bond motifs is 1. The van der Waals surface area contributed by atoms with Crippen molar-refractivity contribution in [1.82, 2.24) is 0 Å². The summed E-state index contributed by atoms with van der Waals surface area (Å²) in [6.07, 6.45) is 1.52. The van der Waals surface area contributed by atoms with Crippen LogP contribution < -0.4 is 9.47 Å². The highest BCUT2D eigenvalue weighted by Crippen LogP contribution is 2.38. The molecule has 1 atom stereocenters. The fourth-order valence-corrected chi connectivity index (χ4v) is 4.29. The normalized spacial score (nSPS) is 14.2. The van der Waals surface area contributed by atoms with Gasteiger partial charge in [0.2, 0.25) is 0 Å². The Labute approximate surface area is 199 Å². The van der Waals surface area contributed by atoms with Crippen LogP contribution in [0.3, 0.4) is 0 Å². The number of carboxylic acids is 1. The number of rotatable bonds is 7. The first kappa shape index (κ1) is 23.3. The minimum Gasteiger partial charge on any atom is -0.497 e. The summed E-state index contributed by atoms with van der Waals surface area (Å²) in [6, 6.07) is 18.2. The number of aryl methyl sites for hydroxylation is 1. The smallest absolute Gasteiger partial charge is 0.308 e. The monoisotopic (exact) mass is 458 g/mol. The number of hydrogen-bond acceptors (Lipinski definition) is 3. The van der Waals surface area contributed by atoms with Gasteiger partial charge in [0.1, 0.15) is 23.4 Å². The lowest BCUT2D eigenvalue weighted by molar-refractivity contribution is -0.135. The van der Waals surface area contributed by atoms with Gasteiger partial charge in [-0.05, 0) is 84.8 Å². The number of methoxy groups -OCH3 is 1. The number of aliphatic carboxylic acids is 1. The lowest BCUT2D eigenvalue weighted by Gasteiger charge is -2.16. The minimum atomic E-state index is -0.889. The van der Waals surface area contributed by atoms with Crippen LogP contribution in [0.25, 0.3) is 16.7 Å². The molecule has 4 rings (SSSR count). The molecule has 0 aliphatic heterocycles. The molecule has 34 heavy (non-hydrogen) atoms. The van der Waals surface area contributed by atoms with Gasteiger partial charge in [0.15, 0.2) is 0 Å². The lowest BCUT2D eigenvalue weighted by atomic mass is 9.99. The first-order valence-corrected chi connectivity index (χ1v) is 11.2. The molecule has 1 N–H and O–H groups in total. The molecular weight excluding hydrogens is 431 g/mol. The van der Waals surface area contributed by atoms with E-state index in [1.807, 2.05) is 56.3 Å². The molecule has 0 heterocycles. The molecule has 3 aromatic rings. The van der Waals surface area contributed by atoms with Crippen molar-refractivity contribution in [2.24, 2.45) is 0 Å². The predicted octanol–water partition coefficient (Wildman–Crippen LogP) is 6.99. The Morgan fingerprint density at radius 2 is 1.79 bits per heavy atom. The fourth-order valence-electron chi connectivity index (χ4n) is 4.29. The third-order valence-corrected chi connectivity index (χ3v) is 5.86. The van der Waals surface area contributed by atoms with Crippen LogP contribution in [0.5, 0.6) is 11.5 Å². The third-order valence-electron chi connectivity index (χ3n) is 5.86. The maximum absolute atomic E-state index is 14.4. The van der Waals surface area contributed by atoms with Gasteiger partial charge >= 0.3 is 5.97 Å². The number of carbonyl (C=O) groups is 1. The first-order chi connectivity index (χ1) is 16.3. The average Bonchev–Trinajstić information content (AvgIpc) is 3.21. The van der Waals surface area contributed by atoms with Crippen LogP contribution in [-0.4, -0.2) is 18.2 Å². The van der Waals surface area contributed by atoms with Crippen LogP contribution >= 0.6 is 0 Å². The molecule has 0 bridgehead atoms. The minimum absolute atomic E-state index is 0.0857. The predicted molar refractivity (Wildman–Crippen MR) is 131 cm³/mol. The molecule has 0 fully saturated rings. The topological polar surface area (TPSA) is 55.8 Å². The standard InChI is InChI=1S/C29H27FO4/c1-18(2)14-22(16-29(31)32)19-4-8-23(9-5-19)34-28-13-7-20-15-21(6-11-25(20)28)26-17-24(33-3)10-12-27(26)30/h4-6,8-12,15,17,28H,7,13,16H2,1-3H3,(H,31,32). The molecule has 1 unspecified atom stereocenters. The van der Waals surface area contributed by atoms with Gasteiger partial charge in [-0.3, -0.25) is 4.79 Å². The molecule has 4 nitrogen and oxygen atoms in total. The number of ether oxygens (including phenoxy) is 2. The zero-order valence-corrected chi connectivity index (χ0v) is 19.5. The molecule has 3 aromatic carbocycles. The highest BCUT2D eigenvalue weighted by atomic mass is 19.1. The Morgan fingerprint density at radius 1 is 1.06 bits per heavy atom. The second-order valence-electron chi connectivity index (χ2n) is 8.60. The van der Waals surface area contributed by atoms with Crippen molar-refractivity contribution in [3.63, 3.8) is 0 Å². The van der Waals surface area contributed by atoms with Gasteiger partial charge in [0.25, 0.3) is 0 Å². The van der Waals surface area contributed by atoms with Crippen LogP contribution in [0.1, 0.15) is 49.5 Å². The van der Waals surface area contributed by atoms with E-state index >= 15 is 0 Å². The van der Waals surface area contributed by atoms with Gasteiger partial charge in [-0.1, -0.05) is 30.3 Å². The van der Waals surface area contributed by atoms with E-state index < -0.39 is 5.97 Å². The van der Waals surface area contributed by atoms with E-state index in [1.54, 1.807) is 19.2 Å². The zero-order chi connectivity index (χ0) is 24.2. The van der Waals surface area contributed by atoms with Gasteiger partial charge < -0.3 is 14.6 Å². The molecule has 0 aromatic heterocycles. The van der Waals surface area contributed by atoms with Gasteiger partial charge in [0, 0.05) is 11.1 Å². The van der Waals surface area contributed by atoms with Crippen LogP contribution in [0.15, 0.2) is 72.0 Å². The maximum atomic E-state index is 14.4. The molecule has 5 heteroatoms. The van der Waals surface area contributed by atoms with Crippen molar-refractivity contribution in [1.29, 1.82) is 0 Å². The van der Waals surface area contributed by atoms with Gasteiger partial charge in [-0.2, -0.15) is 0 Å². The van der Waals surface area contributed by atoms with Gasteiger partial charge in [-0.15, -0.1) is 5.73 Å². The van der Waals surface area contributed by atoms with Crippen LogP contribution in [0, 0.1) is 5.82 Å². The highest BCUT2D eigenvalue weighted by Gasteiger charge is 2.25. The van der Waals surface area contributed by atoms with Crippen LogP contribution in [-0.2, 0) is 11.2 Å².